The predicted molar refractivity (Wildman–Crippen MR) is 192 cm³/mol. The van der Waals surface area contributed by atoms with Crippen LogP contribution >= 0.6 is 0 Å². The topological polar surface area (TPSA) is 30.7 Å². The van der Waals surface area contributed by atoms with Gasteiger partial charge in [-0.1, -0.05) is 97.1 Å². The van der Waals surface area contributed by atoms with Gasteiger partial charge in [-0.25, -0.2) is 4.98 Å². The largest absolute Gasteiger partial charge is 0.309 e. The van der Waals surface area contributed by atoms with E-state index < -0.39 is 0 Å². The minimum Gasteiger partial charge on any atom is -0.309 e. The summed E-state index contributed by atoms with van der Waals surface area (Å²) < 4.78 is 2.42. The molecule has 6 aromatic carbocycles. The van der Waals surface area contributed by atoms with Crippen LogP contribution in [0, 0.1) is 6.92 Å². The average Bonchev–Trinajstić information content (AvgIpc) is 3.46. The normalized spacial score (nSPS) is 11.6. The molecule has 0 amide bonds. The van der Waals surface area contributed by atoms with Crippen LogP contribution in [0.25, 0.3) is 82.7 Å². The number of hydrogen-bond acceptors (Lipinski definition) is 2. The molecule has 0 atom stereocenters. The van der Waals surface area contributed by atoms with Crippen LogP contribution in [-0.4, -0.2) is 14.5 Å². The lowest BCUT2D eigenvalue weighted by Gasteiger charge is -2.12. The van der Waals surface area contributed by atoms with E-state index in [1.165, 1.54) is 49.0 Å². The molecule has 0 aliphatic heterocycles. The summed E-state index contributed by atoms with van der Waals surface area (Å²) in [6.45, 7) is 2.06. The van der Waals surface area contributed by atoms with Crippen LogP contribution in [0.4, 0.5) is 0 Å². The summed E-state index contributed by atoms with van der Waals surface area (Å²) in [6, 6.07) is 52.5. The van der Waals surface area contributed by atoms with Crippen molar-refractivity contribution >= 4 is 43.4 Å². The van der Waals surface area contributed by atoms with E-state index in [2.05, 4.69) is 162 Å². The Morgan fingerprint density at radius 3 is 1.98 bits per heavy atom. The SMILES string of the molecule is Cc1cncc(-c2cccc(-c3ccc4c5ccc6cc(-c7ccc8ccccc8c7)ccc6c5n(-c5ccccc5)c4c3)n2)c1. The van der Waals surface area contributed by atoms with E-state index in [4.69, 9.17) is 4.98 Å². The zero-order chi connectivity index (χ0) is 30.6. The highest BCUT2D eigenvalue weighted by Crippen LogP contribution is 2.39. The summed E-state index contributed by atoms with van der Waals surface area (Å²) >= 11 is 0. The molecule has 0 saturated heterocycles. The first-order valence-electron chi connectivity index (χ1n) is 15.6. The summed E-state index contributed by atoms with van der Waals surface area (Å²) in [5.41, 5.74) is 11.0. The van der Waals surface area contributed by atoms with E-state index >= 15 is 0 Å². The second-order valence-electron chi connectivity index (χ2n) is 12.0. The molecule has 3 heteroatoms. The van der Waals surface area contributed by atoms with Crippen LogP contribution in [0.15, 0.2) is 158 Å². The molecule has 0 fully saturated rings. The van der Waals surface area contributed by atoms with Gasteiger partial charge < -0.3 is 4.57 Å². The van der Waals surface area contributed by atoms with E-state index in [-0.39, 0.29) is 0 Å². The van der Waals surface area contributed by atoms with Gasteiger partial charge >= 0.3 is 0 Å². The Morgan fingerprint density at radius 1 is 0.457 bits per heavy atom. The molecule has 0 aliphatic rings. The second kappa shape index (κ2) is 10.5. The lowest BCUT2D eigenvalue weighted by molar-refractivity contribution is 1.19. The van der Waals surface area contributed by atoms with Crippen molar-refractivity contribution in [3.8, 4) is 39.3 Å². The Hall–Kier alpha value is -6.06. The molecule has 3 aromatic heterocycles. The fraction of sp³-hybridized carbons (Fsp3) is 0.0233. The first kappa shape index (κ1) is 26.4. The third kappa shape index (κ3) is 4.36. The molecular weight excluding hydrogens is 558 g/mol. The molecule has 3 nitrogen and oxygen atoms in total. The van der Waals surface area contributed by atoms with Gasteiger partial charge in [-0.05, 0) is 88.3 Å². The Morgan fingerprint density at radius 2 is 1.13 bits per heavy atom. The predicted octanol–water partition coefficient (Wildman–Crippen LogP) is 11.2. The molecule has 0 aliphatic carbocycles. The summed E-state index contributed by atoms with van der Waals surface area (Å²) in [5.74, 6) is 0. The maximum Gasteiger partial charge on any atom is 0.0725 e. The van der Waals surface area contributed by atoms with E-state index in [1.807, 2.05) is 12.4 Å². The first-order chi connectivity index (χ1) is 22.7. The number of aromatic nitrogens is 3. The highest BCUT2D eigenvalue weighted by atomic mass is 15.0. The van der Waals surface area contributed by atoms with Gasteiger partial charge in [-0.3, -0.25) is 4.98 Å². The minimum atomic E-state index is 0.922. The molecule has 9 aromatic rings. The zero-order valence-electron chi connectivity index (χ0n) is 25.4. The molecular formula is C43H29N3. The fourth-order valence-electron chi connectivity index (χ4n) is 6.84. The van der Waals surface area contributed by atoms with Crippen molar-refractivity contribution in [2.75, 3.05) is 0 Å². The van der Waals surface area contributed by atoms with Crippen molar-refractivity contribution < 1.29 is 0 Å². The Bertz CT molecular complexity index is 2600. The van der Waals surface area contributed by atoms with Crippen LogP contribution in [0.1, 0.15) is 5.56 Å². The van der Waals surface area contributed by atoms with E-state index in [0.717, 1.165) is 39.3 Å². The quantitative estimate of drug-likeness (QED) is 0.205. The van der Waals surface area contributed by atoms with Crippen molar-refractivity contribution in [2.45, 2.75) is 6.92 Å². The smallest absolute Gasteiger partial charge is 0.0725 e. The molecule has 0 spiro atoms. The number of benzene rings is 6. The van der Waals surface area contributed by atoms with Gasteiger partial charge in [0.15, 0.2) is 0 Å². The van der Waals surface area contributed by atoms with Crippen LogP contribution in [0.3, 0.4) is 0 Å². The molecule has 0 radical (unpaired) electrons. The fourth-order valence-corrected chi connectivity index (χ4v) is 6.84. The van der Waals surface area contributed by atoms with Gasteiger partial charge in [0, 0.05) is 45.4 Å². The van der Waals surface area contributed by atoms with Crippen molar-refractivity contribution in [3.63, 3.8) is 0 Å². The summed E-state index contributed by atoms with van der Waals surface area (Å²) in [5, 5.41) is 7.43. The molecule has 46 heavy (non-hydrogen) atoms. The Labute approximate surface area is 267 Å². The van der Waals surface area contributed by atoms with Crippen LogP contribution in [0.2, 0.25) is 0 Å². The number of fused-ring (bicyclic) bond motifs is 6. The summed E-state index contributed by atoms with van der Waals surface area (Å²) in [6.07, 6.45) is 3.75. The number of aryl methyl sites for hydroxylation is 1. The summed E-state index contributed by atoms with van der Waals surface area (Å²) in [4.78, 5) is 9.47. The third-order valence-corrected chi connectivity index (χ3v) is 9.06. The van der Waals surface area contributed by atoms with Gasteiger partial charge in [-0.15, -0.1) is 0 Å². The molecule has 3 heterocycles. The lowest BCUT2D eigenvalue weighted by Crippen LogP contribution is -1.95. The Kier molecular flexibility index (Phi) is 6.04. The van der Waals surface area contributed by atoms with Crippen LogP contribution in [-0.2, 0) is 0 Å². The zero-order valence-corrected chi connectivity index (χ0v) is 25.4. The second-order valence-corrected chi connectivity index (χ2v) is 12.0. The van der Waals surface area contributed by atoms with Crippen molar-refractivity contribution in [1.29, 1.82) is 0 Å². The number of rotatable bonds is 4. The van der Waals surface area contributed by atoms with E-state index in [1.54, 1.807) is 0 Å². The number of pyridine rings is 2. The minimum absolute atomic E-state index is 0.922. The summed E-state index contributed by atoms with van der Waals surface area (Å²) in [7, 11) is 0. The molecule has 0 saturated carbocycles. The Balaban J connectivity index is 1.25. The maximum absolute atomic E-state index is 5.08. The van der Waals surface area contributed by atoms with Gasteiger partial charge in [0.2, 0.25) is 0 Å². The van der Waals surface area contributed by atoms with E-state index in [9.17, 15) is 0 Å². The maximum atomic E-state index is 5.08. The van der Waals surface area contributed by atoms with Gasteiger partial charge in [-0.2, -0.15) is 0 Å². The number of hydrogen-bond donors (Lipinski definition) is 0. The highest BCUT2D eigenvalue weighted by Gasteiger charge is 2.17. The van der Waals surface area contributed by atoms with Crippen molar-refractivity contribution in [3.05, 3.63) is 164 Å². The van der Waals surface area contributed by atoms with Gasteiger partial charge in [0.1, 0.15) is 0 Å². The molecule has 0 bridgehead atoms. The monoisotopic (exact) mass is 587 g/mol. The van der Waals surface area contributed by atoms with Crippen molar-refractivity contribution in [1.82, 2.24) is 14.5 Å². The standard InChI is InChI=1S/C43H29N3/c1-28-22-35(27-44-26-28)41-13-7-12-40(45-41)34-18-20-38-39-21-17-33-24-32(31-15-14-29-8-5-6-9-30(29)23-31)16-19-37(33)43(39)46(42(38)25-34)36-10-3-2-4-11-36/h2-27H,1H3. The van der Waals surface area contributed by atoms with E-state index in [0.29, 0.717) is 0 Å². The lowest BCUT2D eigenvalue weighted by atomic mass is 9.97. The number of nitrogens with zero attached hydrogens (tertiary/aromatic N) is 3. The van der Waals surface area contributed by atoms with Crippen LogP contribution in [0.5, 0.6) is 0 Å². The number of para-hydroxylation sites is 1. The van der Waals surface area contributed by atoms with Crippen LogP contribution < -0.4 is 0 Å². The average molecular weight is 588 g/mol. The molecule has 0 N–H and O–H groups in total. The molecule has 0 unspecified atom stereocenters. The first-order valence-corrected chi connectivity index (χ1v) is 15.6. The third-order valence-electron chi connectivity index (χ3n) is 9.06. The molecule has 216 valence electrons. The van der Waals surface area contributed by atoms with Gasteiger partial charge in [0.25, 0.3) is 0 Å². The van der Waals surface area contributed by atoms with Crippen molar-refractivity contribution in [2.24, 2.45) is 0 Å². The van der Waals surface area contributed by atoms with Gasteiger partial charge in [0.05, 0.1) is 22.4 Å². The highest BCUT2D eigenvalue weighted by molar-refractivity contribution is 6.19. The molecule has 9 rings (SSSR count).